The van der Waals surface area contributed by atoms with Crippen molar-refractivity contribution >= 4 is 29.1 Å². The first-order valence-corrected chi connectivity index (χ1v) is 19.1. The second-order valence-corrected chi connectivity index (χ2v) is 14.8. The molecule has 1 aromatic heterocycles. The van der Waals surface area contributed by atoms with Crippen LogP contribution in [0.2, 0.25) is 5.02 Å². The number of benzene rings is 4. The summed E-state index contributed by atoms with van der Waals surface area (Å²) in [7, 11) is 4.98. The van der Waals surface area contributed by atoms with Crippen molar-refractivity contribution < 1.29 is 28.9 Å². The second kappa shape index (κ2) is 16.9. The maximum absolute atomic E-state index is 14.8. The van der Waals surface area contributed by atoms with Crippen molar-refractivity contribution in [2.24, 2.45) is 12.8 Å². The van der Waals surface area contributed by atoms with Gasteiger partial charge in [-0.15, -0.1) is 0 Å². The highest BCUT2D eigenvalue weighted by Crippen LogP contribution is 2.40. The van der Waals surface area contributed by atoms with Gasteiger partial charge in [-0.05, 0) is 73.0 Å². The molecule has 1 unspecified atom stereocenters. The SMILES string of the molecule is COc1ccccc1CN(C(=O)c1cc(-c2cc(OC)c(C(N)=O)cc2C(O)N2Cc3ccccc3C[C@H]2CN2CCOCC2)n(C)c1C)c1ccc(Cl)cc1. The Morgan fingerprint density at radius 1 is 0.929 bits per heavy atom. The molecule has 2 aliphatic heterocycles. The minimum Gasteiger partial charge on any atom is -0.496 e. The molecule has 1 saturated heterocycles. The molecule has 0 bridgehead atoms. The van der Waals surface area contributed by atoms with Gasteiger partial charge < -0.3 is 34.5 Å². The first-order valence-electron chi connectivity index (χ1n) is 18.8. The number of aromatic nitrogens is 1. The monoisotopic (exact) mass is 777 g/mol. The molecule has 2 amide bonds. The molecule has 11 nitrogen and oxygen atoms in total. The van der Waals surface area contributed by atoms with Crippen LogP contribution in [0.15, 0.2) is 91.0 Å². The third kappa shape index (κ3) is 7.91. The lowest BCUT2D eigenvalue weighted by molar-refractivity contribution is -0.0553. The highest BCUT2D eigenvalue weighted by atomic mass is 35.5. The van der Waals surface area contributed by atoms with Crippen LogP contribution in [0.4, 0.5) is 5.69 Å². The second-order valence-electron chi connectivity index (χ2n) is 14.4. The Labute approximate surface area is 332 Å². The molecule has 2 aliphatic rings. The molecule has 292 valence electrons. The lowest BCUT2D eigenvalue weighted by atomic mass is 9.91. The Hall–Kier alpha value is -5.17. The Bertz CT molecular complexity index is 2220. The molecule has 0 spiro atoms. The largest absolute Gasteiger partial charge is 0.496 e. The summed E-state index contributed by atoms with van der Waals surface area (Å²) in [5.41, 5.74) is 12.9. The average molecular weight is 778 g/mol. The van der Waals surface area contributed by atoms with E-state index >= 15 is 0 Å². The molecule has 0 aliphatic carbocycles. The molecule has 5 aromatic rings. The predicted octanol–water partition coefficient (Wildman–Crippen LogP) is 6.37. The smallest absolute Gasteiger partial charge is 0.260 e. The van der Waals surface area contributed by atoms with Crippen molar-refractivity contribution in [3.05, 3.63) is 135 Å². The number of amides is 2. The first-order chi connectivity index (χ1) is 27.1. The highest BCUT2D eigenvalue weighted by molar-refractivity contribution is 6.30. The quantitative estimate of drug-likeness (QED) is 0.150. The topological polar surface area (TPSA) is 123 Å². The van der Waals surface area contributed by atoms with E-state index in [-0.39, 0.29) is 29.8 Å². The lowest BCUT2D eigenvalue weighted by Crippen LogP contribution is -2.51. The van der Waals surface area contributed by atoms with E-state index in [9.17, 15) is 14.7 Å². The predicted molar refractivity (Wildman–Crippen MR) is 217 cm³/mol. The number of primary amides is 1. The van der Waals surface area contributed by atoms with Crippen molar-refractivity contribution in [3.8, 4) is 22.8 Å². The summed E-state index contributed by atoms with van der Waals surface area (Å²) in [4.78, 5) is 33.9. The number of aliphatic hydroxyl groups is 1. The van der Waals surface area contributed by atoms with Gasteiger partial charge in [0.05, 0.1) is 45.1 Å². The molecular formula is C44H48ClN5O6. The number of halogens is 1. The third-order valence-corrected chi connectivity index (χ3v) is 11.4. The fourth-order valence-corrected chi connectivity index (χ4v) is 8.07. The van der Waals surface area contributed by atoms with E-state index < -0.39 is 12.1 Å². The van der Waals surface area contributed by atoms with Gasteiger partial charge in [-0.3, -0.25) is 19.4 Å². The van der Waals surface area contributed by atoms with Crippen LogP contribution in [0.1, 0.15) is 54.9 Å². The van der Waals surface area contributed by atoms with E-state index in [1.807, 2.05) is 67.1 Å². The number of hydrogen-bond acceptors (Lipinski definition) is 8. The van der Waals surface area contributed by atoms with Crippen molar-refractivity contribution in [2.75, 3.05) is 52.0 Å². The zero-order valence-electron chi connectivity index (χ0n) is 32.2. The van der Waals surface area contributed by atoms with Gasteiger partial charge in [0.25, 0.3) is 11.8 Å². The number of anilines is 1. The van der Waals surface area contributed by atoms with Crippen LogP contribution >= 0.6 is 11.6 Å². The molecule has 7 rings (SSSR count). The Morgan fingerprint density at radius 3 is 2.30 bits per heavy atom. The van der Waals surface area contributed by atoms with E-state index in [0.29, 0.717) is 64.3 Å². The number of para-hydroxylation sites is 1. The minimum absolute atomic E-state index is 0.0415. The van der Waals surface area contributed by atoms with Crippen LogP contribution in [0.3, 0.4) is 0 Å². The van der Waals surface area contributed by atoms with Crippen LogP contribution in [0.5, 0.6) is 11.5 Å². The van der Waals surface area contributed by atoms with E-state index in [0.717, 1.165) is 37.2 Å². The zero-order chi connectivity index (χ0) is 39.5. The van der Waals surface area contributed by atoms with Gasteiger partial charge in [0.15, 0.2) is 0 Å². The number of carbonyl (C=O) groups is 2. The first kappa shape index (κ1) is 39.1. The summed E-state index contributed by atoms with van der Waals surface area (Å²) < 4.78 is 18.9. The zero-order valence-corrected chi connectivity index (χ0v) is 33.0. The van der Waals surface area contributed by atoms with Crippen molar-refractivity contribution in [1.29, 1.82) is 0 Å². The molecule has 0 radical (unpaired) electrons. The number of aliphatic hydroxyl groups excluding tert-OH is 1. The van der Waals surface area contributed by atoms with E-state index in [1.165, 1.54) is 12.7 Å². The normalized spacial score (nSPS) is 16.6. The lowest BCUT2D eigenvalue weighted by Gasteiger charge is -2.43. The summed E-state index contributed by atoms with van der Waals surface area (Å²) in [5, 5.41) is 13.2. The number of fused-ring (bicyclic) bond motifs is 1. The average Bonchev–Trinajstić information content (AvgIpc) is 3.52. The van der Waals surface area contributed by atoms with Crippen LogP contribution in [0, 0.1) is 6.92 Å². The van der Waals surface area contributed by atoms with Crippen LogP contribution < -0.4 is 20.1 Å². The Kier molecular flexibility index (Phi) is 11.8. The van der Waals surface area contributed by atoms with Gasteiger partial charge in [-0.25, -0.2) is 0 Å². The standard InChI is InChI=1S/C44H48ClN5O6/c1-28-35(43(52)49(33-15-13-32(45)14-16-33)26-31-11-7-8-12-40(31)54-3)23-39(47(28)2)36-24-41(55-4)38(42(46)51)22-37(36)44(53)50-25-30-10-6-5-9-29(30)21-34(50)27-48-17-19-56-20-18-48/h5-16,22-24,34,44,53H,17-21,25-27H2,1-4H3,(H2,46,51)/t34-,44?/m0/s1. The maximum atomic E-state index is 14.8. The van der Waals surface area contributed by atoms with Gasteiger partial charge in [-0.1, -0.05) is 54.1 Å². The molecule has 2 atom stereocenters. The summed E-state index contributed by atoms with van der Waals surface area (Å²) in [5.74, 6) is 0.0171. The molecule has 12 heteroatoms. The number of hydrogen-bond donors (Lipinski definition) is 2. The van der Waals surface area contributed by atoms with Gasteiger partial charge in [0.1, 0.15) is 17.7 Å². The van der Waals surface area contributed by atoms with E-state index in [4.69, 9.17) is 31.5 Å². The molecule has 3 N–H and O–H groups in total. The maximum Gasteiger partial charge on any atom is 0.260 e. The number of morpholine rings is 1. The van der Waals surface area contributed by atoms with Crippen molar-refractivity contribution in [1.82, 2.24) is 14.4 Å². The van der Waals surface area contributed by atoms with Crippen LogP contribution in [-0.4, -0.2) is 84.4 Å². The van der Waals surface area contributed by atoms with E-state index in [2.05, 4.69) is 28.0 Å². The van der Waals surface area contributed by atoms with Gasteiger partial charge in [0, 0.05) is 78.1 Å². The van der Waals surface area contributed by atoms with Crippen molar-refractivity contribution in [2.45, 2.75) is 38.7 Å². The molecular weight excluding hydrogens is 730 g/mol. The number of nitrogens with two attached hydrogens (primary N) is 1. The minimum atomic E-state index is -1.14. The summed E-state index contributed by atoms with van der Waals surface area (Å²) in [6.45, 7) is 6.31. The number of methoxy groups -OCH3 is 2. The molecule has 56 heavy (non-hydrogen) atoms. The summed E-state index contributed by atoms with van der Waals surface area (Å²) in [6.07, 6.45) is -0.396. The number of carbonyl (C=O) groups excluding carboxylic acids is 2. The molecule has 0 saturated carbocycles. The molecule has 3 heterocycles. The number of ether oxygens (including phenoxy) is 3. The van der Waals surface area contributed by atoms with Crippen LogP contribution in [-0.2, 0) is 31.3 Å². The fraction of sp³-hybridized carbons (Fsp3) is 0.318. The fourth-order valence-electron chi connectivity index (χ4n) is 7.94. The van der Waals surface area contributed by atoms with Gasteiger partial charge in [-0.2, -0.15) is 0 Å². The van der Waals surface area contributed by atoms with Gasteiger partial charge in [0.2, 0.25) is 0 Å². The Morgan fingerprint density at radius 2 is 1.61 bits per heavy atom. The highest BCUT2D eigenvalue weighted by Gasteiger charge is 2.35. The van der Waals surface area contributed by atoms with Gasteiger partial charge >= 0.3 is 0 Å². The van der Waals surface area contributed by atoms with Crippen LogP contribution in [0.25, 0.3) is 11.3 Å². The number of rotatable bonds is 12. The summed E-state index contributed by atoms with van der Waals surface area (Å²) in [6, 6.07) is 28.3. The summed E-state index contributed by atoms with van der Waals surface area (Å²) >= 11 is 6.28. The molecule has 1 fully saturated rings. The van der Waals surface area contributed by atoms with E-state index in [1.54, 1.807) is 36.3 Å². The van der Waals surface area contributed by atoms with Crippen molar-refractivity contribution in [3.63, 3.8) is 0 Å². The third-order valence-electron chi connectivity index (χ3n) is 11.1. The Balaban J connectivity index is 1.33. The molecule has 4 aromatic carbocycles. The number of nitrogens with zero attached hydrogens (tertiary/aromatic N) is 4.